The van der Waals surface area contributed by atoms with Gasteiger partial charge in [-0.15, -0.1) is 0 Å². The molecule has 0 saturated heterocycles. The second kappa shape index (κ2) is 5.34. The molecule has 5 heteroatoms. The number of methoxy groups -OCH3 is 2. The Morgan fingerprint density at radius 1 is 1.40 bits per heavy atom. The molecule has 1 atom stereocenters. The molecule has 0 saturated carbocycles. The molecule has 0 aliphatic rings. The van der Waals surface area contributed by atoms with E-state index in [2.05, 4.69) is 15.9 Å². The van der Waals surface area contributed by atoms with Gasteiger partial charge in [-0.05, 0) is 6.07 Å². The normalized spacial score (nSPS) is 12.3. The van der Waals surface area contributed by atoms with Crippen molar-refractivity contribution in [3.63, 3.8) is 0 Å². The Morgan fingerprint density at radius 3 is 2.53 bits per heavy atom. The first-order valence-corrected chi connectivity index (χ1v) is 5.21. The third kappa shape index (κ3) is 2.62. The lowest BCUT2D eigenvalue weighted by Crippen LogP contribution is -2.16. The van der Waals surface area contributed by atoms with Gasteiger partial charge in [-0.3, -0.25) is 0 Å². The number of ether oxygens (including phenoxy) is 2. The lowest BCUT2D eigenvalue weighted by atomic mass is 10.1. The number of rotatable bonds is 4. The van der Waals surface area contributed by atoms with E-state index in [4.69, 9.17) is 20.3 Å². The van der Waals surface area contributed by atoms with Crippen molar-refractivity contribution in [3.8, 4) is 11.5 Å². The predicted molar refractivity (Wildman–Crippen MR) is 61.3 cm³/mol. The minimum absolute atomic E-state index is 0.138. The summed E-state index contributed by atoms with van der Waals surface area (Å²) in [5.74, 6) is 1.27. The first kappa shape index (κ1) is 12.3. The van der Waals surface area contributed by atoms with Gasteiger partial charge in [-0.1, -0.05) is 15.9 Å². The van der Waals surface area contributed by atoms with Gasteiger partial charge in [0, 0.05) is 16.1 Å². The molecule has 15 heavy (non-hydrogen) atoms. The zero-order valence-electron chi connectivity index (χ0n) is 8.66. The zero-order chi connectivity index (χ0) is 11.4. The number of aliphatic hydroxyl groups is 1. The van der Waals surface area contributed by atoms with E-state index in [1.54, 1.807) is 26.4 Å². The number of benzene rings is 1. The quantitative estimate of drug-likeness (QED) is 0.873. The van der Waals surface area contributed by atoms with Gasteiger partial charge in [0.2, 0.25) is 0 Å². The van der Waals surface area contributed by atoms with Gasteiger partial charge in [0.1, 0.15) is 11.5 Å². The fourth-order valence-electron chi connectivity index (χ4n) is 1.31. The van der Waals surface area contributed by atoms with E-state index in [-0.39, 0.29) is 6.61 Å². The Bertz CT molecular complexity index is 344. The van der Waals surface area contributed by atoms with Crippen LogP contribution < -0.4 is 15.2 Å². The van der Waals surface area contributed by atoms with E-state index in [1.165, 1.54) is 0 Å². The second-order valence-electron chi connectivity index (χ2n) is 3.01. The van der Waals surface area contributed by atoms with E-state index in [0.717, 1.165) is 10.0 Å². The average molecular weight is 276 g/mol. The first-order valence-electron chi connectivity index (χ1n) is 4.41. The van der Waals surface area contributed by atoms with Crippen LogP contribution in [0.1, 0.15) is 11.6 Å². The minimum atomic E-state index is -0.472. The Morgan fingerprint density at radius 2 is 2.07 bits per heavy atom. The summed E-state index contributed by atoms with van der Waals surface area (Å²) in [6, 6.07) is 3.04. The van der Waals surface area contributed by atoms with Crippen molar-refractivity contribution in [2.24, 2.45) is 5.73 Å². The molecule has 0 aliphatic carbocycles. The molecule has 0 unspecified atom stereocenters. The van der Waals surface area contributed by atoms with Crippen molar-refractivity contribution in [3.05, 3.63) is 22.2 Å². The van der Waals surface area contributed by atoms with Crippen molar-refractivity contribution in [1.29, 1.82) is 0 Å². The van der Waals surface area contributed by atoms with Crippen molar-refractivity contribution < 1.29 is 14.6 Å². The summed E-state index contributed by atoms with van der Waals surface area (Å²) in [7, 11) is 3.13. The van der Waals surface area contributed by atoms with Crippen LogP contribution >= 0.6 is 15.9 Å². The van der Waals surface area contributed by atoms with Gasteiger partial charge < -0.3 is 20.3 Å². The lowest BCUT2D eigenvalue weighted by molar-refractivity contribution is 0.264. The first-order chi connectivity index (χ1) is 7.13. The van der Waals surface area contributed by atoms with Crippen molar-refractivity contribution in [2.75, 3.05) is 20.8 Å². The molecule has 0 radical (unpaired) electrons. The molecule has 0 spiro atoms. The number of nitrogens with two attached hydrogens (primary N) is 1. The third-order valence-electron chi connectivity index (χ3n) is 2.09. The Kier molecular flexibility index (Phi) is 4.38. The van der Waals surface area contributed by atoms with Gasteiger partial charge in [-0.2, -0.15) is 0 Å². The van der Waals surface area contributed by atoms with E-state index in [1.807, 2.05) is 0 Å². The van der Waals surface area contributed by atoms with Gasteiger partial charge >= 0.3 is 0 Å². The summed E-state index contributed by atoms with van der Waals surface area (Å²) in [5.41, 5.74) is 6.50. The zero-order valence-corrected chi connectivity index (χ0v) is 10.2. The highest BCUT2D eigenvalue weighted by Gasteiger charge is 2.16. The molecule has 3 N–H and O–H groups in total. The van der Waals surface area contributed by atoms with Crippen LogP contribution in [0, 0.1) is 0 Å². The van der Waals surface area contributed by atoms with Crippen LogP contribution in [0.5, 0.6) is 11.5 Å². The fourth-order valence-corrected chi connectivity index (χ4v) is 2.02. The van der Waals surface area contributed by atoms with E-state index >= 15 is 0 Å². The number of hydrogen-bond acceptors (Lipinski definition) is 4. The standard InChI is InChI=1S/C10H14BrNO3/c1-14-6-3-7(11)10(8(12)5-13)9(4-6)15-2/h3-4,8,13H,5,12H2,1-2H3/t8-/m0/s1. The summed E-state index contributed by atoms with van der Waals surface area (Å²) in [4.78, 5) is 0. The van der Waals surface area contributed by atoms with Crippen LogP contribution in [0.15, 0.2) is 16.6 Å². The van der Waals surface area contributed by atoms with E-state index in [0.29, 0.717) is 11.5 Å². The molecule has 0 fully saturated rings. The van der Waals surface area contributed by atoms with Crippen LogP contribution in [0.2, 0.25) is 0 Å². The Hall–Kier alpha value is -0.780. The maximum atomic E-state index is 9.03. The molecule has 1 rings (SSSR count). The topological polar surface area (TPSA) is 64.7 Å². The molecule has 4 nitrogen and oxygen atoms in total. The van der Waals surface area contributed by atoms with E-state index < -0.39 is 6.04 Å². The van der Waals surface area contributed by atoms with Crippen LogP contribution in [0.3, 0.4) is 0 Å². The molecule has 0 aromatic heterocycles. The molecular weight excluding hydrogens is 262 g/mol. The molecule has 0 amide bonds. The van der Waals surface area contributed by atoms with Crippen LogP contribution in [0.4, 0.5) is 0 Å². The van der Waals surface area contributed by atoms with Crippen LogP contribution in [-0.2, 0) is 0 Å². The third-order valence-corrected chi connectivity index (χ3v) is 2.74. The predicted octanol–water partition coefficient (Wildman–Crippen LogP) is 1.46. The Labute approximate surface area is 97.1 Å². The summed E-state index contributed by atoms with van der Waals surface area (Å²) < 4.78 is 11.0. The summed E-state index contributed by atoms with van der Waals surface area (Å²) >= 11 is 3.37. The van der Waals surface area contributed by atoms with Crippen molar-refractivity contribution >= 4 is 15.9 Å². The molecule has 84 valence electrons. The van der Waals surface area contributed by atoms with Gasteiger partial charge in [0.25, 0.3) is 0 Å². The van der Waals surface area contributed by atoms with E-state index in [9.17, 15) is 0 Å². The average Bonchev–Trinajstić information content (AvgIpc) is 2.26. The molecule has 1 aromatic carbocycles. The highest BCUT2D eigenvalue weighted by atomic mass is 79.9. The summed E-state index contributed by atoms with van der Waals surface area (Å²) in [6.45, 7) is -0.138. The lowest BCUT2D eigenvalue weighted by Gasteiger charge is -2.16. The smallest absolute Gasteiger partial charge is 0.128 e. The maximum Gasteiger partial charge on any atom is 0.128 e. The van der Waals surface area contributed by atoms with Crippen molar-refractivity contribution in [2.45, 2.75) is 6.04 Å². The number of halogens is 1. The fraction of sp³-hybridized carbons (Fsp3) is 0.400. The Balaban J connectivity index is 3.24. The van der Waals surface area contributed by atoms with Gasteiger partial charge in [0.05, 0.1) is 26.9 Å². The molecule has 1 aromatic rings. The maximum absolute atomic E-state index is 9.03. The summed E-state index contributed by atoms with van der Waals surface area (Å²) in [6.07, 6.45) is 0. The highest BCUT2D eigenvalue weighted by Crippen LogP contribution is 2.35. The molecular formula is C10H14BrNO3. The molecule has 0 aliphatic heterocycles. The van der Waals surface area contributed by atoms with Crippen LogP contribution in [0.25, 0.3) is 0 Å². The van der Waals surface area contributed by atoms with Crippen molar-refractivity contribution in [1.82, 2.24) is 0 Å². The summed E-state index contributed by atoms with van der Waals surface area (Å²) in [5, 5.41) is 9.03. The largest absolute Gasteiger partial charge is 0.497 e. The minimum Gasteiger partial charge on any atom is -0.497 e. The molecule has 0 bridgehead atoms. The highest BCUT2D eigenvalue weighted by molar-refractivity contribution is 9.10. The number of hydrogen-bond donors (Lipinski definition) is 2. The molecule has 0 heterocycles. The monoisotopic (exact) mass is 275 g/mol. The van der Waals surface area contributed by atoms with Crippen LogP contribution in [-0.4, -0.2) is 25.9 Å². The van der Waals surface area contributed by atoms with Gasteiger partial charge in [0.15, 0.2) is 0 Å². The van der Waals surface area contributed by atoms with Gasteiger partial charge in [-0.25, -0.2) is 0 Å². The SMILES string of the molecule is COc1cc(Br)c([C@@H](N)CO)c(OC)c1. The second-order valence-corrected chi connectivity index (χ2v) is 3.87. The number of aliphatic hydroxyl groups excluding tert-OH is 1.